The molecule has 0 aliphatic heterocycles. The minimum absolute atomic E-state index is 0.202. The van der Waals surface area contributed by atoms with Crippen LogP contribution in [0.5, 0.6) is 0 Å². The van der Waals surface area contributed by atoms with Crippen LogP contribution in [0.2, 0.25) is 0 Å². The second-order valence-corrected chi connectivity index (χ2v) is 5.31. The standard InChI is InChI=1S/C14H21Cl/c1-11(2)14(4,10-15)9-13-8-6-5-7-12(13)3/h5-8,11H,9-10H2,1-4H3. The molecule has 0 bridgehead atoms. The predicted octanol–water partition coefficient (Wildman–Crippen LogP) is 4.44. The molecule has 0 fully saturated rings. The summed E-state index contributed by atoms with van der Waals surface area (Å²) in [6.45, 7) is 8.95. The summed E-state index contributed by atoms with van der Waals surface area (Å²) in [6, 6.07) is 8.58. The molecule has 0 spiro atoms. The summed E-state index contributed by atoms with van der Waals surface area (Å²) >= 11 is 6.11. The molecule has 1 atom stereocenters. The van der Waals surface area contributed by atoms with Crippen molar-refractivity contribution in [1.82, 2.24) is 0 Å². The van der Waals surface area contributed by atoms with E-state index in [4.69, 9.17) is 11.6 Å². The smallest absolute Gasteiger partial charge is 0.0282 e. The number of hydrogen-bond donors (Lipinski definition) is 0. The fourth-order valence-corrected chi connectivity index (χ4v) is 2.05. The molecule has 0 amide bonds. The third-order valence-corrected chi connectivity index (χ3v) is 4.17. The number of aryl methyl sites for hydroxylation is 1. The van der Waals surface area contributed by atoms with Gasteiger partial charge in [0.1, 0.15) is 0 Å². The van der Waals surface area contributed by atoms with E-state index in [0.717, 1.165) is 12.3 Å². The molecule has 0 N–H and O–H groups in total. The van der Waals surface area contributed by atoms with Crippen LogP contribution >= 0.6 is 11.6 Å². The van der Waals surface area contributed by atoms with Crippen molar-refractivity contribution in [3.8, 4) is 0 Å². The molecular formula is C14H21Cl. The summed E-state index contributed by atoms with van der Waals surface area (Å²) in [6.07, 6.45) is 1.07. The minimum Gasteiger partial charge on any atom is -0.126 e. The summed E-state index contributed by atoms with van der Waals surface area (Å²) in [4.78, 5) is 0. The van der Waals surface area contributed by atoms with E-state index in [1.807, 2.05) is 0 Å². The van der Waals surface area contributed by atoms with Crippen molar-refractivity contribution in [2.45, 2.75) is 34.1 Å². The van der Waals surface area contributed by atoms with Gasteiger partial charge in [-0.3, -0.25) is 0 Å². The highest BCUT2D eigenvalue weighted by Gasteiger charge is 2.27. The first kappa shape index (κ1) is 12.6. The Hall–Kier alpha value is -0.490. The highest BCUT2D eigenvalue weighted by Crippen LogP contribution is 2.33. The van der Waals surface area contributed by atoms with E-state index >= 15 is 0 Å². The Morgan fingerprint density at radius 1 is 1.27 bits per heavy atom. The molecular weight excluding hydrogens is 204 g/mol. The minimum atomic E-state index is 0.202. The summed E-state index contributed by atoms with van der Waals surface area (Å²) in [5, 5.41) is 0. The van der Waals surface area contributed by atoms with E-state index in [9.17, 15) is 0 Å². The third kappa shape index (κ3) is 2.98. The third-order valence-electron chi connectivity index (χ3n) is 3.55. The lowest BCUT2D eigenvalue weighted by atomic mass is 9.75. The SMILES string of the molecule is Cc1ccccc1CC(C)(CCl)C(C)C. The summed E-state index contributed by atoms with van der Waals surface area (Å²) < 4.78 is 0. The summed E-state index contributed by atoms with van der Waals surface area (Å²) in [5.41, 5.74) is 3.00. The molecule has 0 saturated heterocycles. The zero-order chi connectivity index (χ0) is 11.5. The Bertz CT molecular complexity index is 317. The summed E-state index contributed by atoms with van der Waals surface area (Å²) in [5.74, 6) is 1.33. The van der Waals surface area contributed by atoms with Crippen LogP contribution in [0.25, 0.3) is 0 Å². The van der Waals surface area contributed by atoms with Gasteiger partial charge in [0.05, 0.1) is 0 Å². The molecule has 1 aromatic rings. The van der Waals surface area contributed by atoms with Gasteiger partial charge in [0.25, 0.3) is 0 Å². The van der Waals surface area contributed by atoms with E-state index in [0.29, 0.717) is 5.92 Å². The van der Waals surface area contributed by atoms with Gasteiger partial charge in [-0.15, -0.1) is 11.6 Å². The van der Waals surface area contributed by atoms with Crippen LogP contribution in [0, 0.1) is 18.3 Å². The van der Waals surface area contributed by atoms with Crippen molar-refractivity contribution >= 4 is 11.6 Å². The fraction of sp³-hybridized carbons (Fsp3) is 0.571. The highest BCUT2D eigenvalue weighted by atomic mass is 35.5. The van der Waals surface area contributed by atoms with Gasteiger partial charge in [0.15, 0.2) is 0 Å². The van der Waals surface area contributed by atoms with Gasteiger partial charge < -0.3 is 0 Å². The van der Waals surface area contributed by atoms with E-state index in [1.165, 1.54) is 11.1 Å². The molecule has 1 heteroatoms. The van der Waals surface area contributed by atoms with Gasteiger partial charge in [-0.05, 0) is 35.8 Å². The highest BCUT2D eigenvalue weighted by molar-refractivity contribution is 6.18. The monoisotopic (exact) mass is 224 g/mol. The van der Waals surface area contributed by atoms with Gasteiger partial charge in [-0.2, -0.15) is 0 Å². The maximum absolute atomic E-state index is 6.11. The van der Waals surface area contributed by atoms with Crippen molar-refractivity contribution in [2.24, 2.45) is 11.3 Å². The zero-order valence-corrected chi connectivity index (χ0v) is 10.9. The average molecular weight is 225 g/mol. The molecule has 0 aliphatic rings. The van der Waals surface area contributed by atoms with Crippen molar-refractivity contribution in [3.63, 3.8) is 0 Å². The quantitative estimate of drug-likeness (QED) is 0.664. The van der Waals surface area contributed by atoms with Crippen LogP contribution in [-0.4, -0.2) is 5.88 Å². The van der Waals surface area contributed by atoms with Crippen LogP contribution in [0.4, 0.5) is 0 Å². The Morgan fingerprint density at radius 3 is 2.33 bits per heavy atom. The number of alkyl halides is 1. The van der Waals surface area contributed by atoms with E-state index in [1.54, 1.807) is 0 Å². The van der Waals surface area contributed by atoms with Gasteiger partial charge >= 0.3 is 0 Å². The van der Waals surface area contributed by atoms with Crippen molar-refractivity contribution < 1.29 is 0 Å². The maximum atomic E-state index is 6.11. The molecule has 0 aliphatic carbocycles. The maximum Gasteiger partial charge on any atom is 0.0282 e. The molecule has 0 aromatic heterocycles. The first-order chi connectivity index (χ1) is 6.99. The Labute approximate surface area is 98.7 Å². The number of halogens is 1. The lowest BCUT2D eigenvalue weighted by molar-refractivity contribution is 0.253. The lowest BCUT2D eigenvalue weighted by Crippen LogP contribution is -2.28. The van der Waals surface area contributed by atoms with E-state index < -0.39 is 0 Å². The molecule has 1 unspecified atom stereocenters. The van der Waals surface area contributed by atoms with Crippen LogP contribution in [0.15, 0.2) is 24.3 Å². The molecule has 0 heterocycles. The Balaban J connectivity index is 2.89. The lowest BCUT2D eigenvalue weighted by Gasteiger charge is -2.32. The zero-order valence-electron chi connectivity index (χ0n) is 10.2. The Morgan fingerprint density at radius 2 is 1.87 bits per heavy atom. The Kier molecular flexibility index (Phi) is 4.21. The van der Waals surface area contributed by atoms with E-state index in [-0.39, 0.29) is 5.41 Å². The van der Waals surface area contributed by atoms with Crippen LogP contribution in [-0.2, 0) is 6.42 Å². The van der Waals surface area contributed by atoms with Gasteiger partial charge in [0.2, 0.25) is 0 Å². The molecule has 1 rings (SSSR count). The van der Waals surface area contributed by atoms with Crippen molar-refractivity contribution in [2.75, 3.05) is 5.88 Å². The topological polar surface area (TPSA) is 0 Å². The molecule has 0 radical (unpaired) electrons. The van der Waals surface area contributed by atoms with Crippen LogP contribution < -0.4 is 0 Å². The normalized spacial score (nSPS) is 15.3. The molecule has 1 aromatic carbocycles. The predicted molar refractivity (Wildman–Crippen MR) is 68.5 cm³/mol. The molecule has 0 saturated carbocycles. The second-order valence-electron chi connectivity index (χ2n) is 5.05. The van der Waals surface area contributed by atoms with Crippen LogP contribution in [0.1, 0.15) is 31.9 Å². The fourth-order valence-electron chi connectivity index (χ4n) is 1.65. The largest absolute Gasteiger partial charge is 0.126 e. The number of hydrogen-bond acceptors (Lipinski definition) is 0. The van der Waals surface area contributed by atoms with Gasteiger partial charge in [0, 0.05) is 5.88 Å². The molecule has 84 valence electrons. The summed E-state index contributed by atoms with van der Waals surface area (Å²) in [7, 11) is 0. The van der Waals surface area contributed by atoms with Crippen LogP contribution in [0.3, 0.4) is 0 Å². The molecule has 15 heavy (non-hydrogen) atoms. The second kappa shape index (κ2) is 5.03. The number of benzene rings is 1. The number of rotatable bonds is 4. The van der Waals surface area contributed by atoms with Gasteiger partial charge in [-0.25, -0.2) is 0 Å². The molecule has 0 nitrogen and oxygen atoms in total. The average Bonchev–Trinajstić information content (AvgIpc) is 2.21. The first-order valence-corrected chi connectivity index (χ1v) is 6.13. The van der Waals surface area contributed by atoms with Crippen molar-refractivity contribution in [3.05, 3.63) is 35.4 Å². The van der Waals surface area contributed by atoms with Crippen molar-refractivity contribution in [1.29, 1.82) is 0 Å². The first-order valence-electron chi connectivity index (χ1n) is 5.60. The van der Waals surface area contributed by atoms with Gasteiger partial charge in [-0.1, -0.05) is 45.0 Å². The van der Waals surface area contributed by atoms with E-state index in [2.05, 4.69) is 52.0 Å².